The molecule has 4 aliphatic carbocycles. The molecule has 5 fully saturated rings. The lowest BCUT2D eigenvalue weighted by atomic mass is 9.41. The van der Waals surface area contributed by atoms with Crippen LogP contribution in [0.4, 0.5) is 0 Å². The molecule has 10 nitrogen and oxygen atoms in total. The Morgan fingerprint density at radius 1 is 0.974 bits per heavy atom. The minimum atomic E-state index is -1.43. The Balaban J connectivity index is 1.22. The summed E-state index contributed by atoms with van der Waals surface area (Å²) < 4.78 is 16.9. The summed E-state index contributed by atoms with van der Waals surface area (Å²) in [5, 5.41) is 55.0. The van der Waals surface area contributed by atoms with E-state index in [4.69, 9.17) is 14.2 Å². The number of carbonyl (C=O) groups excluding carboxylic acids is 2. The first kappa shape index (κ1) is 27.8. The Kier molecular flexibility index (Phi) is 6.62. The van der Waals surface area contributed by atoms with Crippen molar-refractivity contribution in [2.75, 3.05) is 6.61 Å². The Morgan fingerprint density at radius 3 is 2.41 bits per heavy atom. The van der Waals surface area contributed by atoms with Gasteiger partial charge in [-0.05, 0) is 81.6 Å². The highest BCUT2D eigenvalue weighted by molar-refractivity contribution is 5.85. The molecule has 39 heavy (non-hydrogen) atoms. The van der Waals surface area contributed by atoms with Crippen LogP contribution in [-0.4, -0.2) is 92.4 Å². The predicted octanol–water partition coefficient (Wildman–Crippen LogP) is 0.750. The maximum atomic E-state index is 13.0. The van der Waals surface area contributed by atoms with Gasteiger partial charge in [-0.3, -0.25) is 0 Å². The second-order valence-corrected chi connectivity index (χ2v) is 13.4. The van der Waals surface area contributed by atoms with E-state index >= 15 is 0 Å². The van der Waals surface area contributed by atoms with E-state index < -0.39 is 58.8 Å². The fraction of sp³-hybridized carbons (Fsp3) is 0.862. The molecule has 0 aromatic heterocycles. The Hall–Kier alpha value is -1.40. The third-order valence-corrected chi connectivity index (χ3v) is 12.0. The van der Waals surface area contributed by atoms with Crippen molar-refractivity contribution in [2.24, 2.45) is 28.6 Å². The van der Waals surface area contributed by atoms with Gasteiger partial charge in [0.25, 0.3) is 0 Å². The van der Waals surface area contributed by atoms with E-state index in [1.165, 1.54) is 0 Å². The SMILES string of the molecule is C[C@H]1O[C@@H](OC2CC[C@]3(C=O)C4CC[C@]5(C)[C@@H](C6=CC(=O)OC6)CC[C@]5(O)C4CC[C@]3(O)C2)[C@H](O)[C@H](O)[C@H]1O. The largest absolute Gasteiger partial charge is 0.458 e. The first-order valence-electron chi connectivity index (χ1n) is 14.5. The number of hydrogen-bond acceptors (Lipinski definition) is 10. The summed E-state index contributed by atoms with van der Waals surface area (Å²) >= 11 is 0. The lowest BCUT2D eigenvalue weighted by Gasteiger charge is -2.65. The highest BCUT2D eigenvalue weighted by atomic mass is 16.7. The normalized spacial score (nSPS) is 55.2. The highest BCUT2D eigenvalue weighted by Gasteiger charge is 2.71. The second kappa shape index (κ2) is 9.31. The number of cyclic esters (lactones) is 1. The maximum absolute atomic E-state index is 13.0. The van der Waals surface area contributed by atoms with E-state index in [9.17, 15) is 35.1 Å². The van der Waals surface area contributed by atoms with Crippen molar-refractivity contribution in [3.05, 3.63) is 11.6 Å². The molecule has 10 heteroatoms. The van der Waals surface area contributed by atoms with Crippen molar-refractivity contribution >= 4 is 12.3 Å². The van der Waals surface area contributed by atoms with Gasteiger partial charge in [0.1, 0.15) is 31.2 Å². The van der Waals surface area contributed by atoms with Crippen LogP contribution < -0.4 is 0 Å². The number of fused-ring (bicyclic) bond motifs is 5. The molecule has 6 aliphatic rings. The molecule has 4 saturated carbocycles. The Morgan fingerprint density at radius 2 is 1.72 bits per heavy atom. The monoisotopic (exact) mass is 550 g/mol. The van der Waals surface area contributed by atoms with Crippen LogP contribution in [0, 0.1) is 28.6 Å². The van der Waals surface area contributed by atoms with Crippen molar-refractivity contribution < 1.29 is 49.3 Å². The molecule has 0 aromatic carbocycles. The quantitative estimate of drug-likeness (QED) is 0.192. The number of aliphatic hydroxyl groups excluding tert-OH is 3. The molecule has 5 N–H and O–H groups in total. The summed E-state index contributed by atoms with van der Waals surface area (Å²) in [4.78, 5) is 24.8. The molecule has 0 spiro atoms. The molecule has 0 radical (unpaired) electrons. The molecule has 13 atom stereocenters. The van der Waals surface area contributed by atoms with E-state index in [2.05, 4.69) is 6.92 Å². The van der Waals surface area contributed by atoms with Crippen LogP contribution in [0.25, 0.3) is 0 Å². The third kappa shape index (κ3) is 3.78. The van der Waals surface area contributed by atoms with Gasteiger partial charge in [0, 0.05) is 17.9 Å². The van der Waals surface area contributed by atoms with Crippen molar-refractivity contribution in [2.45, 2.75) is 120 Å². The molecule has 0 aromatic rings. The standard InChI is InChI=1S/C29H42O10/c1-15-22(32)23(33)24(34)25(38-15)39-17-3-8-27(14-30)19-4-7-26(2)18(16-11-21(31)37-13-16)6-10-29(26,36)20(19)5-9-28(27,35)12-17/h11,14-15,17-20,22-25,32-36H,3-10,12-13H2,1-2H3/t15-,17?,18-,19?,20?,22+,23-,24-,25+,26-,27+,28+,29+/m1/s1. The molecule has 1 saturated heterocycles. The minimum Gasteiger partial charge on any atom is -0.458 e. The number of rotatable bonds is 4. The van der Waals surface area contributed by atoms with Gasteiger partial charge in [-0.1, -0.05) is 6.92 Å². The van der Waals surface area contributed by atoms with Crippen LogP contribution in [0.3, 0.4) is 0 Å². The number of carbonyl (C=O) groups is 2. The summed E-state index contributed by atoms with van der Waals surface area (Å²) in [5.74, 6) is -0.616. The van der Waals surface area contributed by atoms with Gasteiger partial charge in [0.05, 0.1) is 28.8 Å². The zero-order chi connectivity index (χ0) is 28.0. The van der Waals surface area contributed by atoms with Gasteiger partial charge in [-0.2, -0.15) is 0 Å². The molecule has 3 unspecified atom stereocenters. The van der Waals surface area contributed by atoms with Crippen LogP contribution in [0.1, 0.15) is 71.6 Å². The molecule has 0 bridgehead atoms. The fourth-order valence-electron chi connectivity index (χ4n) is 9.75. The molecule has 6 rings (SSSR count). The van der Waals surface area contributed by atoms with E-state index in [0.717, 1.165) is 18.3 Å². The van der Waals surface area contributed by atoms with Gasteiger partial charge in [-0.25, -0.2) is 4.79 Å². The van der Waals surface area contributed by atoms with Gasteiger partial charge in [0.15, 0.2) is 6.29 Å². The van der Waals surface area contributed by atoms with Crippen LogP contribution >= 0.6 is 0 Å². The van der Waals surface area contributed by atoms with Gasteiger partial charge in [-0.15, -0.1) is 0 Å². The topological polar surface area (TPSA) is 163 Å². The van der Waals surface area contributed by atoms with E-state index in [1.807, 2.05) is 0 Å². The molecule has 2 aliphatic heterocycles. The average molecular weight is 551 g/mol. The zero-order valence-corrected chi connectivity index (χ0v) is 22.7. The van der Waals surface area contributed by atoms with E-state index in [-0.39, 0.29) is 36.8 Å². The summed E-state index contributed by atoms with van der Waals surface area (Å²) in [7, 11) is 0. The van der Waals surface area contributed by atoms with Crippen molar-refractivity contribution in [3.8, 4) is 0 Å². The van der Waals surface area contributed by atoms with Gasteiger partial charge >= 0.3 is 5.97 Å². The van der Waals surface area contributed by atoms with Crippen LogP contribution in [-0.2, 0) is 23.8 Å². The van der Waals surface area contributed by atoms with Crippen molar-refractivity contribution in [3.63, 3.8) is 0 Å². The maximum Gasteiger partial charge on any atom is 0.331 e. The summed E-state index contributed by atoms with van der Waals surface area (Å²) in [6.45, 7) is 3.98. The lowest BCUT2D eigenvalue weighted by molar-refractivity contribution is -0.317. The Bertz CT molecular complexity index is 1050. The number of hydrogen-bond donors (Lipinski definition) is 5. The Labute approximate surface area is 228 Å². The van der Waals surface area contributed by atoms with Gasteiger partial charge in [0.2, 0.25) is 0 Å². The van der Waals surface area contributed by atoms with Crippen LogP contribution in [0.15, 0.2) is 11.6 Å². The number of aldehydes is 1. The molecule has 2 heterocycles. The lowest BCUT2D eigenvalue weighted by Crippen LogP contribution is -2.69. The van der Waals surface area contributed by atoms with E-state index in [0.29, 0.717) is 44.9 Å². The second-order valence-electron chi connectivity index (χ2n) is 13.4. The van der Waals surface area contributed by atoms with Crippen LogP contribution in [0.2, 0.25) is 0 Å². The van der Waals surface area contributed by atoms with Gasteiger partial charge < -0.3 is 44.5 Å². The van der Waals surface area contributed by atoms with Crippen molar-refractivity contribution in [1.82, 2.24) is 0 Å². The van der Waals surface area contributed by atoms with Crippen molar-refractivity contribution in [1.29, 1.82) is 0 Å². The average Bonchev–Trinajstić information content (AvgIpc) is 3.45. The van der Waals surface area contributed by atoms with E-state index in [1.54, 1.807) is 13.0 Å². The van der Waals surface area contributed by atoms with Crippen LogP contribution in [0.5, 0.6) is 0 Å². The summed E-state index contributed by atoms with van der Waals surface area (Å²) in [5.41, 5.74) is -2.86. The smallest absolute Gasteiger partial charge is 0.331 e. The minimum absolute atomic E-state index is 0.0465. The molecular formula is C29H42O10. The summed E-state index contributed by atoms with van der Waals surface area (Å²) in [6.07, 6.45) is 0.689. The summed E-state index contributed by atoms with van der Waals surface area (Å²) in [6, 6.07) is 0. The first-order chi connectivity index (χ1) is 18.4. The number of aliphatic hydroxyl groups is 5. The molecule has 218 valence electrons. The molecule has 0 amide bonds. The fourth-order valence-corrected chi connectivity index (χ4v) is 9.75. The highest BCUT2D eigenvalue weighted by Crippen LogP contribution is 2.70. The number of ether oxygens (including phenoxy) is 3. The molecular weight excluding hydrogens is 508 g/mol. The predicted molar refractivity (Wildman–Crippen MR) is 135 cm³/mol. The first-order valence-corrected chi connectivity index (χ1v) is 14.5. The zero-order valence-electron chi connectivity index (χ0n) is 22.7. The third-order valence-electron chi connectivity index (χ3n) is 12.0. The number of esters is 1.